The fourth-order valence-electron chi connectivity index (χ4n) is 1.20. The molecule has 0 aromatic heterocycles. The largest absolute Gasteiger partial charge is 0.469 e. The van der Waals surface area contributed by atoms with Crippen LogP contribution < -0.4 is 0 Å². The van der Waals surface area contributed by atoms with Crippen molar-refractivity contribution in [2.75, 3.05) is 7.11 Å². The summed E-state index contributed by atoms with van der Waals surface area (Å²) in [7, 11) is 1.31. The second kappa shape index (κ2) is 7.87. The summed E-state index contributed by atoms with van der Waals surface area (Å²) in [6.07, 6.45) is 0.849. The Morgan fingerprint density at radius 2 is 2.12 bits per heavy atom. The molecule has 0 heterocycles. The second-order valence-corrected chi connectivity index (χ2v) is 3.35. The molecule has 0 radical (unpaired) electrons. The molecule has 0 aliphatic carbocycles. The second-order valence-electron chi connectivity index (χ2n) is 3.35. The molecule has 2 atom stereocenters. The van der Waals surface area contributed by atoms with Gasteiger partial charge < -0.3 is 14.6 Å². The first-order valence-electron chi connectivity index (χ1n) is 5.06. The first-order chi connectivity index (χ1) is 7.51. The number of carbonyl (C=O) groups is 2. The fourth-order valence-corrected chi connectivity index (χ4v) is 1.20. The van der Waals surface area contributed by atoms with E-state index in [2.05, 4.69) is 11.3 Å². The highest BCUT2D eigenvalue weighted by atomic mass is 16.6. The topological polar surface area (TPSA) is 72.8 Å². The summed E-state index contributed by atoms with van der Waals surface area (Å²) in [5.41, 5.74) is 0. The number of aliphatic hydroxyl groups is 1. The molecule has 16 heavy (non-hydrogen) atoms. The van der Waals surface area contributed by atoms with Crippen LogP contribution in [0.3, 0.4) is 0 Å². The van der Waals surface area contributed by atoms with Gasteiger partial charge in [0.2, 0.25) is 0 Å². The highest BCUT2D eigenvalue weighted by Gasteiger charge is 2.18. The van der Waals surface area contributed by atoms with Crippen LogP contribution in [0.15, 0.2) is 12.7 Å². The van der Waals surface area contributed by atoms with Gasteiger partial charge in [0.25, 0.3) is 0 Å². The Bertz CT molecular complexity index is 249. The molecule has 1 N–H and O–H groups in total. The van der Waals surface area contributed by atoms with Gasteiger partial charge in [-0.05, 0) is 18.9 Å². The average Bonchev–Trinajstić information content (AvgIpc) is 2.24. The van der Waals surface area contributed by atoms with Crippen molar-refractivity contribution < 1.29 is 24.2 Å². The minimum atomic E-state index is -0.842. The summed E-state index contributed by atoms with van der Waals surface area (Å²) in [5, 5.41) is 9.64. The van der Waals surface area contributed by atoms with Gasteiger partial charge in [-0.1, -0.05) is 6.58 Å². The van der Waals surface area contributed by atoms with Gasteiger partial charge >= 0.3 is 11.9 Å². The molecule has 0 aliphatic rings. The summed E-state index contributed by atoms with van der Waals surface area (Å²) in [6, 6.07) is 0. The normalized spacial score (nSPS) is 13.7. The van der Waals surface area contributed by atoms with E-state index in [0.717, 1.165) is 0 Å². The van der Waals surface area contributed by atoms with Crippen LogP contribution in [-0.2, 0) is 19.1 Å². The van der Waals surface area contributed by atoms with Crippen molar-refractivity contribution in [1.29, 1.82) is 0 Å². The van der Waals surface area contributed by atoms with Crippen LogP contribution in [0.25, 0.3) is 0 Å². The van der Waals surface area contributed by atoms with Crippen LogP contribution in [0.2, 0.25) is 0 Å². The summed E-state index contributed by atoms with van der Waals surface area (Å²) in [4.78, 5) is 21.5. The molecule has 0 saturated heterocycles. The van der Waals surface area contributed by atoms with Gasteiger partial charge in [-0.2, -0.15) is 0 Å². The molecule has 0 aliphatic heterocycles. The van der Waals surface area contributed by atoms with Crippen LogP contribution in [0.1, 0.15) is 26.2 Å². The van der Waals surface area contributed by atoms with Gasteiger partial charge in [0, 0.05) is 13.3 Å². The third kappa shape index (κ3) is 6.19. The summed E-state index contributed by atoms with van der Waals surface area (Å²) in [6.45, 7) is 4.73. The molecule has 5 nitrogen and oxygen atoms in total. The number of aliphatic hydroxyl groups excluding tert-OH is 1. The zero-order chi connectivity index (χ0) is 12.6. The highest BCUT2D eigenvalue weighted by molar-refractivity contribution is 5.69. The number of methoxy groups -OCH3 is 1. The van der Waals surface area contributed by atoms with Crippen molar-refractivity contribution in [3.05, 3.63) is 12.7 Å². The first kappa shape index (κ1) is 14.6. The molecular weight excluding hydrogens is 212 g/mol. The summed E-state index contributed by atoms with van der Waals surface area (Å²) < 4.78 is 9.28. The molecule has 0 aromatic rings. The van der Waals surface area contributed by atoms with Crippen LogP contribution in [0, 0.1) is 0 Å². The molecule has 0 unspecified atom stereocenters. The van der Waals surface area contributed by atoms with Gasteiger partial charge in [-0.15, -0.1) is 0 Å². The molecule has 0 bridgehead atoms. The third-order valence-electron chi connectivity index (χ3n) is 2.02. The zero-order valence-corrected chi connectivity index (χ0v) is 9.64. The van der Waals surface area contributed by atoms with E-state index >= 15 is 0 Å². The predicted molar refractivity (Wildman–Crippen MR) is 57.6 cm³/mol. The lowest BCUT2D eigenvalue weighted by Crippen LogP contribution is -2.28. The first-order valence-corrected chi connectivity index (χ1v) is 5.06. The SMILES string of the molecule is C=C[C@@H](OC(C)=O)[C@@H](O)CCCC(=O)OC. The van der Waals surface area contributed by atoms with Gasteiger partial charge in [-0.3, -0.25) is 9.59 Å². The van der Waals surface area contributed by atoms with Crippen molar-refractivity contribution in [3.63, 3.8) is 0 Å². The number of carbonyl (C=O) groups excluding carboxylic acids is 2. The van der Waals surface area contributed by atoms with Crippen LogP contribution in [-0.4, -0.2) is 36.4 Å². The quantitative estimate of drug-likeness (QED) is 0.517. The Morgan fingerprint density at radius 1 is 1.50 bits per heavy atom. The van der Waals surface area contributed by atoms with Crippen molar-refractivity contribution in [1.82, 2.24) is 0 Å². The van der Waals surface area contributed by atoms with E-state index in [1.165, 1.54) is 20.1 Å². The van der Waals surface area contributed by atoms with Crippen LogP contribution >= 0.6 is 0 Å². The van der Waals surface area contributed by atoms with E-state index in [1.54, 1.807) is 0 Å². The minimum Gasteiger partial charge on any atom is -0.469 e. The highest BCUT2D eigenvalue weighted by Crippen LogP contribution is 2.10. The molecule has 0 rings (SSSR count). The van der Waals surface area contributed by atoms with Crippen LogP contribution in [0.4, 0.5) is 0 Å². The van der Waals surface area contributed by atoms with Crippen LogP contribution in [0.5, 0.6) is 0 Å². The smallest absolute Gasteiger partial charge is 0.305 e. The van der Waals surface area contributed by atoms with Crippen molar-refractivity contribution >= 4 is 11.9 Å². The Kier molecular flexibility index (Phi) is 7.20. The molecular formula is C11H18O5. The average molecular weight is 230 g/mol. The molecule has 0 aromatic carbocycles. The Labute approximate surface area is 95.0 Å². The van der Waals surface area contributed by atoms with Crippen molar-refractivity contribution in [3.8, 4) is 0 Å². The van der Waals surface area contributed by atoms with E-state index in [-0.39, 0.29) is 12.4 Å². The molecule has 5 heteroatoms. The monoisotopic (exact) mass is 230 g/mol. The molecule has 0 fully saturated rings. The lowest BCUT2D eigenvalue weighted by molar-refractivity contribution is -0.149. The van der Waals surface area contributed by atoms with E-state index in [0.29, 0.717) is 12.8 Å². The van der Waals surface area contributed by atoms with E-state index < -0.39 is 18.2 Å². The Hall–Kier alpha value is -1.36. The Balaban J connectivity index is 3.92. The molecule has 92 valence electrons. The van der Waals surface area contributed by atoms with Crippen molar-refractivity contribution in [2.45, 2.75) is 38.4 Å². The maximum atomic E-state index is 10.8. The van der Waals surface area contributed by atoms with Crippen molar-refractivity contribution in [2.24, 2.45) is 0 Å². The molecule has 0 spiro atoms. The number of ether oxygens (including phenoxy) is 2. The standard InChI is InChI=1S/C11H18O5/c1-4-10(16-8(2)12)9(13)6-5-7-11(14)15-3/h4,9-10,13H,1,5-7H2,2-3H3/t9-,10+/m0/s1. The summed E-state index contributed by atoms with van der Waals surface area (Å²) in [5.74, 6) is -0.799. The van der Waals surface area contributed by atoms with E-state index in [9.17, 15) is 14.7 Å². The van der Waals surface area contributed by atoms with Gasteiger partial charge in [0.05, 0.1) is 13.2 Å². The van der Waals surface area contributed by atoms with E-state index in [4.69, 9.17) is 4.74 Å². The number of hydrogen-bond donors (Lipinski definition) is 1. The minimum absolute atomic E-state index is 0.234. The maximum absolute atomic E-state index is 10.8. The Morgan fingerprint density at radius 3 is 2.56 bits per heavy atom. The third-order valence-corrected chi connectivity index (χ3v) is 2.02. The lowest BCUT2D eigenvalue weighted by Gasteiger charge is -2.18. The number of esters is 2. The maximum Gasteiger partial charge on any atom is 0.305 e. The van der Waals surface area contributed by atoms with E-state index in [1.807, 2.05) is 0 Å². The molecule has 0 amide bonds. The zero-order valence-electron chi connectivity index (χ0n) is 9.64. The number of rotatable bonds is 7. The molecule has 0 saturated carbocycles. The summed E-state index contributed by atoms with van der Waals surface area (Å²) >= 11 is 0. The predicted octanol–water partition coefficient (Wildman–Crippen LogP) is 0.808. The van der Waals surface area contributed by atoms with Gasteiger partial charge in [0.15, 0.2) is 0 Å². The number of hydrogen-bond acceptors (Lipinski definition) is 5. The fraction of sp³-hybridized carbons (Fsp3) is 0.636. The van der Waals surface area contributed by atoms with Gasteiger partial charge in [-0.25, -0.2) is 0 Å². The lowest BCUT2D eigenvalue weighted by atomic mass is 10.1. The van der Waals surface area contributed by atoms with Gasteiger partial charge in [0.1, 0.15) is 6.10 Å².